The maximum atomic E-state index is 13.4. The molecule has 0 unspecified atom stereocenters. The Hall–Kier alpha value is -1.81. The third kappa shape index (κ3) is 2.54. The van der Waals surface area contributed by atoms with Gasteiger partial charge in [0.05, 0.1) is 5.56 Å². The smallest absolute Gasteiger partial charge is 0.196 e. The zero-order valence-electron chi connectivity index (χ0n) is 8.88. The molecule has 0 saturated heterocycles. The lowest BCUT2D eigenvalue weighted by atomic mass is 10.0. The van der Waals surface area contributed by atoms with Crippen molar-refractivity contribution in [3.8, 4) is 0 Å². The SMILES string of the molecule is O=C(c1cc(F)cc(F)c1)c1cc(Cl)ccc1F. The second-order valence-corrected chi connectivity index (χ2v) is 4.05. The van der Waals surface area contributed by atoms with Gasteiger partial charge in [-0.3, -0.25) is 4.79 Å². The zero-order valence-corrected chi connectivity index (χ0v) is 9.64. The minimum Gasteiger partial charge on any atom is -0.288 e. The monoisotopic (exact) mass is 270 g/mol. The van der Waals surface area contributed by atoms with Crippen LogP contribution < -0.4 is 0 Å². The molecule has 0 radical (unpaired) electrons. The Kier molecular flexibility index (Phi) is 3.39. The largest absolute Gasteiger partial charge is 0.288 e. The molecule has 0 aromatic heterocycles. The molecule has 2 aromatic rings. The van der Waals surface area contributed by atoms with Crippen LogP contribution in [0.5, 0.6) is 0 Å². The van der Waals surface area contributed by atoms with Gasteiger partial charge in [0.2, 0.25) is 0 Å². The molecule has 0 bridgehead atoms. The highest BCUT2D eigenvalue weighted by molar-refractivity contribution is 6.31. The number of benzene rings is 2. The lowest BCUT2D eigenvalue weighted by Gasteiger charge is -2.04. The Morgan fingerprint density at radius 2 is 1.56 bits per heavy atom. The Morgan fingerprint density at radius 3 is 2.17 bits per heavy atom. The molecule has 0 atom stereocenters. The summed E-state index contributed by atoms with van der Waals surface area (Å²) < 4.78 is 39.4. The van der Waals surface area contributed by atoms with Crippen molar-refractivity contribution in [3.05, 3.63) is 70.0 Å². The summed E-state index contributed by atoms with van der Waals surface area (Å²) in [5, 5.41) is 0.164. The van der Waals surface area contributed by atoms with Crippen LogP contribution in [0.2, 0.25) is 5.02 Å². The molecule has 0 heterocycles. The summed E-state index contributed by atoms with van der Waals surface area (Å²) in [5.74, 6) is -3.43. The summed E-state index contributed by atoms with van der Waals surface area (Å²) in [6.45, 7) is 0. The highest BCUT2D eigenvalue weighted by Gasteiger charge is 2.16. The van der Waals surface area contributed by atoms with Crippen LogP contribution in [-0.4, -0.2) is 5.78 Å². The van der Waals surface area contributed by atoms with E-state index in [4.69, 9.17) is 11.6 Å². The van der Waals surface area contributed by atoms with E-state index >= 15 is 0 Å². The van der Waals surface area contributed by atoms with Gasteiger partial charge in [0.1, 0.15) is 17.5 Å². The minimum atomic E-state index is -0.902. The summed E-state index contributed by atoms with van der Waals surface area (Å²) in [6, 6.07) is 5.72. The van der Waals surface area contributed by atoms with Gasteiger partial charge in [-0.05, 0) is 30.3 Å². The second-order valence-electron chi connectivity index (χ2n) is 3.61. The lowest BCUT2D eigenvalue weighted by Crippen LogP contribution is -2.05. The first-order valence-electron chi connectivity index (χ1n) is 4.93. The molecule has 0 spiro atoms. The zero-order chi connectivity index (χ0) is 13.3. The normalized spacial score (nSPS) is 10.4. The van der Waals surface area contributed by atoms with Crippen molar-refractivity contribution in [1.82, 2.24) is 0 Å². The Bertz CT molecular complexity index is 605. The molecule has 0 N–H and O–H groups in total. The van der Waals surface area contributed by atoms with Crippen LogP contribution in [0, 0.1) is 17.5 Å². The Morgan fingerprint density at radius 1 is 0.944 bits per heavy atom. The molecular weight excluding hydrogens is 265 g/mol. The summed E-state index contributed by atoms with van der Waals surface area (Å²) in [4.78, 5) is 11.9. The van der Waals surface area contributed by atoms with Gasteiger partial charge < -0.3 is 0 Å². The molecule has 0 aliphatic carbocycles. The summed E-state index contributed by atoms with van der Waals surface area (Å²) in [5.41, 5.74) is -0.596. The van der Waals surface area contributed by atoms with E-state index in [1.807, 2.05) is 0 Å². The van der Waals surface area contributed by atoms with Crippen LogP contribution in [0.1, 0.15) is 15.9 Å². The van der Waals surface area contributed by atoms with E-state index in [9.17, 15) is 18.0 Å². The van der Waals surface area contributed by atoms with E-state index in [-0.39, 0.29) is 16.1 Å². The van der Waals surface area contributed by atoms with Crippen molar-refractivity contribution in [1.29, 1.82) is 0 Å². The quantitative estimate of drug-likeness (QED) is 0.754. The molecule has 92 valence electrons. The predicted octanol–water partition coefficient (Wildman–Crippen LogP) is 3.99. The molecule has 0 aliphatic rings. The van der Waals surface area contributed by atoms with E-state index in [0.29, 0.717) is 6.07 Å². The Labute approximate surface area is 106 Å². The van der Waals surface area contributed by atoms with Crippen molar-refractivity contribution in [3.63, 3.8) is 0 Å². The van der Waals surface area contributed by atoms with Crippen LogP contribution in [0.15, 0.2) is 36.4 Å². The van der Waals surface area contributed by atoms with Gasteiger partial charge in [0, 0.05) is 16.7 Å². The number of hydrogen-bond donors (Lipinski definition) is 0. The maximum absolute atomic E-state index is 13.4. The van der Waals surface area contributed by atoms with Gasteiger partial charge >= 0.3 is 0 Å². The third-order valence-electron chi connectivity index (χ3n) is 2.30. The van der Waals surface area contributed by atoms with Crippen LogP contribution in [-0.2, 0) is 0 Å². The lowest BCUT2D eigenvalue weighted by molar-refractivity contribution is 0.103. The number of rotatable bonds is 2. The average Bonchev–Trinajstić information content (AvgIpc) is 2.30. The number of halogens is 4. The summed E-state index contributed by atoms with van der Waals surface area (Å²) in [6.07, 6.45) is 0. The topological polar surface area (TPSA) is 17.1 Å². The van der Waals surface area contributed by atoms with E-state index < -0.39 is 23.2 Å². The molecule has 2 aromatic carbocycles. The van der Waals surface area contributed by atoms with Gasteiger partial charge in [-0.2, -0.15) is 0 Å². The summed E-state index contributed by atoms with van der Waals surface area (Å²) >= 11 is 5.64. The molecule has 18 heavy (non-hydrogen) atoms. The highest BCUT2D eigenvalue weighted by atomic mass is 35.5. The van der Waals surface area contributed by atoms with Gasteiger partial charge in [-0.15, -0.1) is 0 Å². The van der Waals surface area contributed by atoms with Crippen LogP contribution in [0.3, 0.4) is 0 Å². The van der Waals surface area contributed by atoms with Crippen molar-refractivity contribution >= 4 is 17.4 Å². The Balaban J connectivity index is 2.51. The number of carbonyl (C=O) groups is 1. The summed E-state index contributed by atoms with van der Waals surface area (Å²) in [7, 11) is 0. The second kappa shape index (κ2) is 4.82. The third-order valence-corrected chi connectivity index (χ3v) is 2.53. The van der Waals surface area contributed by atoms with Crippen LogP contribution in [0.25, 0.3) is 0 Å². The fourth-order valence-electron chi connectivity index (χ4n) is 1.51. The van der Waals surface area contributed by atoms with Crippen molar-refractivity contribution in [2.45, 2.75) is 0 Å². The first-order valence-corrected chi connectivity index (χ1v) is 5.31. The van der Waals surface area contributed by atoms with Gasteiger partial charge in [-0.25, -0.2) is 13.2 Å². The molecule has 1 nitrogen and oxygen atoms in total. The number of hydrogen-bond acceptors (Lipinski definition) is 1. The molecule has 0 amide bonds. The van der Waals surface area contributed by atoms with E-state index in [1.165, 1.54) is 6.07 Å². The average molecular weight is 271 g/mol. The van der Waals surface area contributed by atoms with E-state index in [2.05, 4.69) is 0 Å². The standard InChI is InChI=1S/C13H6ClF3O/c14-8-1-2-12(17)11(5-8)13(18)7-3-9(15)6-10(16)4-7/h1-6H. The first-order chi connectivity index (χ1) is 8.47. The van der Waals surface area contributed by atoms with Crippen molar-refractivity contribution < 1.29 is 18.0 Å². The fourth-order valence-corrected chi connectivity index (χ4v) is 1.68. The van der Waals surface area contributed by atoms with Gasteiger partial charge in [-0.1, -0.05) is 11.6 Å². The highest BCUT2D eigenvalue weighted by Crippen LogP contribution is 2.19. The molecule has 0 fully saturated rings. The van der Waals surface area contributed by atoms with Crippen LogP contribution in [0.4, 0.5) is 13.2 Å². The predicted molar refractivity (Wildman–Crippen MR) is 61.2 cm³/mol. The fraction of sp³-hybridized carbons (Fsp3) is 0. The van der Waals surface area contributed by atoms with Crippen molar-refractivity contribution in [2.24, 2.45) is 0 Å². The number of ketones is 1. The van der Waals surface area contributed by atoms with E-state index in [1.54, 1.807) is 0 Å². The molecular formula is C13H6ClF3O. The minimum absolute atomic E-state index is 0.164. The maximum Gasteiger partial charge on any atom is 0.196 e. The number of carbonyl (C=O) groups excluding carboxylic acids is 1. The van der Waals surface area contributed by atoms with Crippen LogP contribution >= 0.6 is 11.6 Å². The molecule has 0 saturated carbocycles. The first kappa shape index (κ1) is 12.6. The molecule has 0 aliphatic heterocycles. The molecule has 2 rings (SSSR count). The van der Waals surface area contributed by atoms with E-state index in [0.717, 1.165) is 24.3 Å². The van der Waals surface area contributed by atoms with Gasteiger partial charge in [0.25, 0.3) is 0 Å². The molecule has 5 heteroatoms. The van der Waals surface area contributed by atoms with Crippen molar-refractivity contribution in [2.75, 3.05) is 0 Å². The van der Waals surface area contributed by atoms with Gasteiger partial charge in [0.15, 0.2) is 5.78 Å².